The number of hydrogen-bond acceptors (Lipinski definition) is 5. The van der Waals surface area contributed by atoms with Crippen LogP contribution in [0.1, 0.15) is 39.9 Å². The zero-order valence-electron chi connectivity index (χ0n) is 12.7. The third-order valence-corrected chi connectivity index (χ3v) is 2.40. The molecular weight excluding hydrogens is 240 g/mol. The number of ether oxygens (including phenoxy) is 1. The number of nitrogens with zero attached hydrogens (tertiary/aromatic N) is 2. The van der Waals surface area contributed by atoms with Crippen LogP contribution in [0.4, 0.5) is 11.6 Å². The summed E-state index contributed by atoms with van der Waals surface area (Å²) in [6.07, 6.45) is 1.06. The van der Waals surface area contributed by atoms with Gasteiger partial charge in [0.1, 0.15) is 18.2 Å². The molecule has 2 N–H and O–H groups in total. The van der Waals surface area contributed by atoms with Gasteiger partial charge in [0.15, 0.2) is 5.82 Å². The van der Waals surface area contributed by atoms with E-state index < -0.39 is 0 Å². The standard InChI is InChI=1S/C14H26N4O/c1-6-7-15-11-8-12(16-10-14(2,3)4)18-13(17-11)9-19-5/h8H,6-7,9-10H2,1-5H3,(H2,15,16,17,18). The first-order valence-corrected chi connectivity index (χ1v) is 6.79. The predicted molar refractivity (Wildman–Crippen MR) is 79.5 cm³/mol. The molecule has 1 rings (SSSR count). The van der Waals surface area contributed by atoms with Gasteiger partial charge in [-0.1, -0.05) is 27.7 Å². The van der Waals surface area contributed by atoms with Crippen molar-refractivity contribution < 1.29 is 4.74 Å². The molecule has 19 heavy (non-hydrogen) atoms. The van der Waals surface area contributed by atoms with Crippen LogP contribution in [0.15, 0.2) is 6.07 Å². The summed E-state index contributed by atoms with van der Waals surface area (Å²) in [5.41, 5.74) is 0.212. The van der Waals surface area contributed by atoms with Crippen molar-refractivity contribution in [2.75, 3.05) is 30.8 Å². The second kappa shape index (κ2) is 7.28. The summed E-state index contributed by atoms with van der Waals surface area (Å²) in [6, 6.07) is 1.94. The van der Waals surface area contributed by atoms with Crippen molar-refractivity contribution in [3.8, 4) is 0 Å². The number of rotatable bonds is 7. The summed E-state index contributed by atoms with van der Waals surface area (Å²) in [6.45, 7) is 10.9. The van der Waals surface area contributed by atoms with Crippen LogP contribution in [0.25, 0.3) is 0 Å². The van der Waals surface area contributed by atoms with E-state index in [9.17, 15) is 0 Å². The van der Waals surface area contributed by atoms with Crippen molar-refractivity contribution in [1.29, 1.82) is 0 Å². The molecule has 0 amide bonds. The highest BCUT2D eigenvalue weighted by Gasteiger charge is 2.11. The summed E-state index contributed by atoms with van der Waals surface area (Å²) in [7, 11) is 1.65. The molecule has 0 radical (unpaired) electrons. The molecule has 108 valence electrons. The Hall–Kier alpha value is -1.36. The molecule has 5 nitrogen and oxygen atoms in total. The Morgan fingerprint density at radius 1 is 1.16 bits per heavy atom. The van der Waals surface area contributed by atoms with Crippen molar-refractivity contribution in [3.05, 3.63) is 11.9 Å². The van der Waals surface area contributed by atoms with E-state index in [-0.39, 0.29) is 5.41 Å². The molecule has 0 saturated carbocycles. The molecule has 5 heteroatoms. The highest BCUT2D eigenvalue weighted by molar-refractivity contribution is 5.47. The van der Waals surface area contributed by atoms with E-state index in [1.165, 1.54) is 0 Å². The maximum atomic E-state index is 5.11. The first-order chi connectivity index (χ1) is 8.94. The zero-order valence-corrected chi connectivity index (χ0v) is 12.7. The average molecular weight is 266 g/mol. The van der Waals surface area contributed by atoms with Gasteiger partial charge in [0.2, 0.25) is 0 Å². The van der Waals surface area contributed by atoms with Crippen molar-refractivity contribution >= 4 is 11.6 Å². The molecule has 0 aliphatic carbocycles. The van der Waals surface area contributed by atoms with E-state index in [1.807, 2.05) is 6.07 Å². The highest BCUT2D eigenvalue weighted by atomic mass is 16.5. The van der Waals surface area contributed by atoms with E-state index >= 15 is 0 Å². The molecule has 1 aromatic rings. The Bertz CT molecular complexity index is 388. The van der Waals surface area contributed by atoms with Crippen LogP contribution in [0.5, 0.6) is 0 Å². The van der Waals surface area contributed by atoms with Gasteiger partial charge in [-0.25, -0.2) is 9.97 Å². The SMILES string of the molecule is CCCNc1cc(NCC(C)(C)C)nc(COC)n1. The van der Waals surface area contributed by atoms with E-state index in [0.29, 0.717) is 12.4 Å². The number of hydrogen-bond donors (Lipinski definition) is 2. The Morgan fingerprint density at radius 3 is 2.32 bits per heavy atom. The summed E-state index contributed by atoms with van der Waals surface area (Å²) < 4.78 is 5.11. The summed E-state index contributed by atoms with van der Waals surface area (Å²) in [5, 5.41) is 6.64. The van der Waals surface area contributed by atoms with Crippen LogP contribution < -0.4 is 10.6 Å². The van der Waals surface area contributed by atoms with Gasteiger partial charge in [-0.05, 0) is 11.8 Å². The minimum atomic E-state index is 0.212. The lowest BCUT2D eigenvalue weighted by Gasteiger charge is -2.19. The maximum Gasteiger partial charge on any atom is 0.158 e. The van der Waals surface area contributed by atoms with Gasteiger partial charge in [0.05, 0.1) is 0 Å². The highest BCUT2D eigenvalue weighted by Crippen LogP contribution is 2.16. The summed E-state index contributed by atoms with van der Waals surface area (Å²) >= 11 is 0. The van der Waals surface area contributed by atoms with Gasteiger partial charge in [-0.15, -0.1) is 0 Å². The van der Waals surface area contributed by atoms with Crippen LogP contribution in [0.3, 0.4) is 0 Å². The molecule has 0 spiro atoms. The zero-order chi connectivity index (χ0) is 14.3. The van der Waals surface area contributed by atoms with Gasteiger partial charge in [0, 0.05) is 26.3 Å². The quantitative estimate of drug-likeness (QED) is 0.794. The van der Waals surface area contributed by atoms with E-state index in [1.54, 1.807) is 7.11 Å². The van der Waals surface area contributed by atoms with Crippen LogP contribution in [0.2, 0.25) is 0 Å². The van der Waals surface area contributed by atoms with Crippen molar-refractivity contribution in [3.63, 3.8) is 0 Å². The molecule has 0 aliphatic heterocycles. The van der Waals surface area contributed by atoms with Crippen LogP contribution in [0, 0.1) is 5.41 Å². The molecule has 0 saturated heterocycles. The average Bonchev–Trinajstić information content (AvgIpc) is 2.33. The van der Waals surface area contributed by atoms with Gasteiger partial charge in [-0.2, -0.15) is 0 Å². The molecule has 0 aliphatic rings. The fourth-order valence-electron chi connectivity index (χ4n) is 1.48. The molecule has 0 atom stereocenters. The lowest BCUT2D eigenvalue weighted by Crippen LogP contribution is -2.20. The monoisotopic (exact) mass is 266 g/mol. The van der Waals surface area contributed by atoms with Gasteiger partial charge >= 0.3 is 0 Å². The van der Waals surface area contributed by atoms with Crippen molar-refractivity contribution in [1.82, 2.24) is 9.97 Å². The summed E-state index contributed by atoms with van der Waals surface area (Å²) in [4.78, 5) is 8.86. The fourth-order valence-corrected chi connectivity index (χ4v) is 1.48. The molecular formula is C14H26N4O. The smallest absolute Gasteiger partial charge is 0.158 e. The van der Waals surface area contributed by atoms with Crippen molar-refractivity contribution in [2.24, 2.45) is 5.41 Å². The van der Waals surface area contributed by atoms with Gasteiger partial charge in [0.25, 0.3) is 0 Å². The van der Waals surface area contributed by atoms with Crippen LogP contribution in [-0.4, -0.2) is 30.2 Å². The Kier molecular flexibility index (Phi) is 6.02. The Labute approximate surface area is 116 Å². The molecule has 1 heterocycles. The van der Waals surface area contributed by atoms with E-state index in [0.717, 1.165) is 31.1 Å². The lowest BCUT2D eigenvalue weighted by molar-refractivity contribution is 0.178. The van der Waals surface area contributed by atoms with Crippen LogP contribution >= 0.6 is 0 Å². The number of methoxy groups -OCH3 is 1. The Balaban J connectivity index is 2.79. The fraction of sp³-hybridized carbons (Fsp3) is 0.714. The summed E-state index contributed by atoms with van der Waals surface area (Å²) in [5.74, 6) is 2.39. The largest absolute Gasteiger partial charge is 0.377 e. The van der Waals surface area contributed by atoms with E-state index in [2.05, 4.69) is 48.3 Å². The topological polar surface area (TPSA) is 59.1 Å². The number of anilines is 2. The Morgan fingerprint density at radius 2 is 1.79 bits per heavy atom. The molecule has 0 bridgehead atoms. The first kappa shape index (κ1) is 15.7. The van der Waals surface area contributed by atoms with Crippen LogP contribution in [-0.2, 0) is 11.3 Å². The third kappa shape index (κ3) is 6.38. The van der Waals surface area contributed by atoms with Crippen molar-refractivity contribution in [2.45, 2.75) is 40.7 Å². The maximum absolute atomic E-state index is 5.11. The predicted octanol–water partition coefficient (Wildman–Crippen LogP) is 2.90. The molecule has 0 aromatic carbocycles. The first-order valence-electron chi connectivity index (χ1n) is 6.79. The molecule has 0 fully saturated rings. The number of aromatic nitrogens is 2. The lowest BCUT2D eigenvalue weighted by atomic mass is 9.97. The van der Waals surface area contributed by atoms with E-state index in [4.69, 9.17) is 4.74 Å². The normalized spacial score (nSPS) is 11.4. The second-order valence-electron chi connectivity index (χ2n) is 5.83. The van der Waals surface area contributed by atoms with Gasteiger partial charge < -0.3 is 15.4 Å². The second-order valence-corrected chi connectivity index (χ2v) is 5.83. The minimum absolute atomic E-state index is 0.212. The number of nitrogens with one attached hydrogen (secondary N) is 2. The van der Waals surface area contributed by atoms with Gasteiger partial charge in [-0.3, -0.25) is 0 Å². The molecule has 1 aromatic heterocycles. The minimum Gasteiger partial charge on any atom is -0.377 e. The molecule has 0 unspecified atom stereocenters. The third-order valence-electron chi connectivity index (χ3n) is 2.40.